The number of nitrogens with zero attached hydrogens (tertiary/aromatic N) is 1. The van der Waals surface area contributed by atoms with Gasteiger partial charge >= 0.3 is 7.12 Å². The van der Waals surface area contributed by atoms with Gasteiger partial charge in [0.2, 0.25) is 11.8 Å². The van der Waals surface area contributed by atoms with Crippen LogP contribution >= 0.6 is 0 Å². The summed E-state index contributed by atoms with van der Waals surface area (Å²) in [5.41, 5.74) is 2.36. The van der Waals surface area contributed by atoms with Gasteiger partial charge in [-0.1, -0.05) is 30.3 Å². The summed E-state index contributed by atoms with van der Waals surface area (Å²) in [4.78, 5) is 26.9. The first-order chi connectivity index (χ1) is 14.9. The third kappa shape index (κ3) is 3.01. The Kier molecular flexibility index (Phi) is 4.88. The number of hydrogen-bond acceptors (Lipinski definition) is 6. The number of phenolic OH excluding ortho intramolecular Hbond substituents is 1. The Hall–Kier alpha value is -2.68. The predicted molar refractivity (Wildman–Crippen MR) is 114 cm³/mol. The molecule has 0 saturated carbocycles. The molecule has 0 spiro atoms. The lowest BCUT2D eigenvalue weighted by molar-refractivity contribution is -0.138. The maximum atomic E-state index is 13.0. The lowest BCUT2D eigenvalue weighted by atomic mass is 9.55. The highest BCUT2D eigenvalue weighted by Gasteiger charge is 2.57. The van der Waals surface area contributed by atoms with Gasteiger partial charge in [0, 0.05) is 19.5 Å². The molecule has 0 radical (unpaired) electrons. The van der Waals surface area contributed by atoms with Crippen LogP contribution in [0.15, 0.2) is 47.4 Å². The van der Waals surface area contributed by atoms with Gasteiger partial charge in [-0.3, -0.25) is 14.5 Å². The number of fused-ring (bicyclic) bond motifs is 4. The second-order valence-corrected chi connectivity index (χ2v) is 8.60. The third-order valence-corrected chi connectivity index (χ3v) is 7.03. The van der Waals surface area contributed by atoms with Gasteiger partial charge in [-0.25, -0.2) is 0 Å². The molecule has 160 valence electrons. The van der Waals surface area contributed by atoms with E-state index in [0.717, 1.165) is 16.5 Å². The van der Waals surface area contributed by atoms with Gasteiger partial charge in [-0.2, -0.15) is 0 Å². The minimum Gasteiger partial charge on any atom is -0.507 e. The fourth-order valence-corrected chi connectivity index (χ4v) is 5.66. The molecule has 2 saturated heterocycles. The molecule has 2 amide bonds. The minimum absolute atomic E-state index is 0.171. The van der Waals surface area contributed by atoms with Crippen LogP contribution in [-0.4, -0.2) is 54.7 Å². The maximum Gasteiger partial charge on any atom is 0.487 e. The summed E-state index contributed by atoms with van der Waals surface area (Å²) in [6, 6.07) is 10.9. The molecular weight excluding hydrogens is 397 g/mol. The predicted octanol–water partition coefficient (Wildman–Crippen LogP) is 2.22. The molecule has 2 aromatic rings. The van der Waals surface area contributed by atoms with Gasteiger partial charge < -0.3 is 19.5 Å². The number of phenols is 1. The van der Waals surface area contributed by atoms with Crippen molar-refractivity contribution >= 4 is 29.7 Å². The summed E-state index contributed by atoms with van der Waals surface area (Å²) >= 11 is 0. The second-order valence-electron chi connectivity index (χ2n) is 8.60. The zero-order valence-electron chi connectivity index (χ0n) is 17.4. The van der Waals surface area contributed by atoms with Crippen LogP contribution in [0.5, 0.6) is 5.75 Å². The number of hydrogen-bond donors (Lipinski definition) is 2. The second kappa shape index (κ2) is 7.48. The van der Waals surface area contributed by atoms with Crippen LogP contribution in [0.2, 0.25) is 0 Å². The third-order valence-electron chi connectivity index (χ3n) is 7.03. The Morgan fingerprint density at radius 3 is 2.61 bits per heavy atom. The van der Waals surface area contributed by atoms with E-state index in [9.17, 15) is 19.7 Å². The molecule has 2 heterocycles. The summed E-state index contributed by atoms with van der Waals surface area (Å²) in [7, 11) is 1.92. The molecule has 31 heavy (non-hydrogen) atoms. The lowest BCUT2D eigenvalue weighted by Gasteiger charge is -2.42. The van der Waals surface area contributed by atoms with Gasteiger partial charge in [0.05, 0.1) is 24.5 Å². The van der Waals surface area contributed by atoms with Crippen LogP contribution in [0.25, 0.3) is 10.8 Å². The highest BCUT2D eigenvalue weighted by molar-refractivity contribution is 6.53. The summed E-state index contributed by atoms with van der Waals surface area (Å²) in [6.45, 7) is 0.285. The van der Waals surface area contributed by atoms with Crippen molar-refractivity contribution in [3.8, 4) is 5.75 Å². The molecule has 0 unspecified atom stereocenters. The molecule has 5 rings (SSSR count). The zero-order chi connectivity index (χ0) is 21.9. The smallest absolute Gasteiger partial charge is 0.487 e. The van der Waals surface area contributed by atoms with Crippen LogP contribution in [0.1, 0.15) is 24.5 Å². The Labute approximate surface area is 180 Å². The summed E-state index contributed by atoms with van der Waals surface area (Å²) in [5, 5.41) is 22.8. The first kappa shape index (κ1) is 20.2. The van der Waals surface area contributed by atoms with Crippen molar-refractivity contribution < 1.29 is 29.1 Å². The number of carbonyl (C=O) groups is 2. The van der Waals surface area contributed by atoms with Crippen molar-refractivity contribution in [2.45, 2.75) is 18.9 Å². The van der Waals surface area contributed by atoms with Gasteiger partial charge in [-0.15, -0.1) is 0 Å². The molecule has 2 N–H and O–H groups in total. The molecule has 1 aliphatic carbocycles. The van der Waals surface area contributed by atoms with E-state index in [1.165, 1.54) is 11.9 Å². The quantitative estimate of drug-likeness (QED) is 0.583. The maximum absolute atomic E-state index is 13.0. The summed E-state index contributed by atoms with van der Waals surface area (Å²) < 4.78 is 11.4. The van der Waals surface area contributed by atoms with Crippen molar-refractivity contribution in [2.24, 2.45) is 17.8 Å². The van der Waals surface area contributed by atoms with Crippen molar-refractivity contribution in [1.29, 1.82) is 0 Å². The van der Waals surface area contributed by atoms with Gasteiger partial charge in [0.15, 0.2) is 0 Å². The zero-order valence-corrected chi connectivity index (χ0v) is 17.4. The van der Waals surface area contributed by atoms with E-state index < -0.39 is 25.1 Å². The number of aromatic hydroxyl groups is 1. The fourth-order valence-electron chi connectivity index (χ4n) is 5.66. The van der Waals surface area contributed by atoms with E-state index in [4.69, 9.17) is 9.39 Å². The molecule has 2 aromatic carbocycles. The van der Waals surface area contributed by atoms with E-state index in [0.29, 0.717) is 23.7 Å². The largest absolute Gasteiger partial charge is 0.507 e. The number of imide groups is 1. The minimum atomic E-state index is -1.18. The normalized spacial score (nSPS) is 28.4. The molecule has 0 aromatic heterocycles. The van der Waals surface area contributed by atoms with E-state index in [1.807, 2.05) is 24.3 Å². The average Bonchev–Trinajstić information content (AvgIpc) is 2.98. The van der Waals surface area contributed by atoms with E-state index in [-0.39, 0.29) is 30.1 Å². The van der Waals surface area contributed by atoms with E-state index in [1.54, 1.807) is 19.2 Å². The van der Waals surface area contributed by atoms with Crippen molar-refractivity contribution in [2.75, 3.05) is 20.8 Å². The van der Waals surface area contributed by atoms with Gasteiger partial charge in [0.25, 0.3) is 0 Å². The molecule has 4 atom stereocenters. The van der Waals surface area contributed by atoms with Crippen molar-refractivity contribution in [1.82, 2.24) is 4.90 Å². The Morgan fingerprint density at radius 1 is 1.13 bits per heavy atom. The van der Waals surface area contributed by atoms with Crippen molar-refractivity contribution in [3.63, 3.8) is 0 Å². The van der Waals surface area contributed by atoms with Crippen LogP contribution in [0.3, 0.4) is 0 Å². The number of amides is 2. The fraction of sp³-hybridized carbons (Fsp3) is 0.391. The molecule has 2 fully saturated rings. The van der Waals surface area contributed by atoms with Crippen LogP contribution < -0.4 is 0 Å². The average molecular weight is 421 g/mol. The number of methoxy groups -OCH3 is 1. The molecule has 2 aliphatic heterocycles. The standard InChI is InChI=1S/C23H24BNO6/c1-25-22(27)17-9-12(11-30-2)21-16(20(17)23(25)28)10-19(31-24(21)29)15-7-8-18(26)14-6-4-3-5-13(14)15/h3-8,16-17,19-20,26,29H,9-11H2,1-2H3/t16-,17-,19-,20+/m0/s1. The SMILES string of the molecule is COCC1=C2B(O)O[C@H](c3ccc(O)c4ccccc34)C[C@H]2[C@H]2C(=O)N(C)C(=O)[C@H]2C1. The van der Waals surface area contributed by atoms with E-state index >= 15 is 0 Å². The number of likely N-dealkylation sites (tertiary alicyclic amines) is 1. The first-order valence-electron chi connectivity index (χ1n) is 10.5. The number of allylic oxidation sites excluding steroid dienone is 1. The number of benzene rings is 2. The Bertz CT molecular complexity index is 1110. The number of ether oxygens (including phenoxy) is 1. The lowest BCUT2D eigenvalue weighted by Crippen LogP contribution is -2.45. The summed E-state index contributed by atoms with van der Waals surface area (Å²) in [6.07, 6.45) is 0.375. The highest BCUT2D eigenvalue weighted by atomic mass is 16.5. The highest BCUT2D eigenvalue weighted by Crippen LogP contribution is 2.51. The number of carbonyl (C=O) groups excluding carboxylic acids is 2. The molecule has 8 heteroatoms. The monoisotopic (exact) mass is 421 g/mol. The summed E-state index contributed by atoms with van der Waals surface area (Å²) in [5.74, 6) is -1.44. The Balaban J connectivity index is 1.60. The molecule has 0 bridgehead atoms. The van der Waals surface area contributed by atoms with Crippen LogP contribution in [0.4, 0.5) is 0 Å². The van der Waals surface area contributed by atoms with Crippen molar-refractivity contribution in [3.05, 3.63) is 53.0 Å². The molecular formula is C23H24BNO6. The number of rotatable bonds is 3. The molecule has 7 nitrogen and oxygen atoms in total. The van der Waals surface area contributed by atoms with E-state index in [2.05, 4.69) is 0 Å². The first-order valence-corrected chi connectivity index (χ1v) is 10.5. The van der Waals surface area contributed by atoms with Gasteiger partial charge in [-0.05, 0) is 46.8 Å². The van der Waals surface area contributed by atoms with Crippen LogP contribution in [-0.2, 0) is 19.0 Å². The Morgan fingerprint density at radius 2 is 1.87 bits per heavy atom. The topological polar surface area (TPSA) is 96.3 Å². The molecule has 3 aliphatic rings. The van der Waals surface area contributed by atoms with Gasteiger partial charge in [0.1, 0.15) is 5.75 Å². The van der Waals surface area contributed by atoms with Crippen LogP contribution in [0, 0.1) is 17.8 Å².